The Hall–Kier alpha value is -2.53. The van der Waals surface area contributed by atoms with Gasteiger partial charge >= 0.3 is 0 Å². The van der Waals surface area contributed by atoms with Gasteiger partial charge in [-0.2, -0.15) is 0 Å². The Morgan fingerprint density at radius 2 is 1.77 bits per heavy atom. The lowest BCUT2D eigenvalue weighted by Gasteiger charge is -2.41. The van der Waals surface area contributed by atoms with Gasteiger partial charge in [-0.3, -0.25) is 9.59 Å². The number of carbonyl (C=O) groups is 2. The number of halogens is 1. The number of amides is 1. The molecule has 0 spiro atoms. The van der Waals surface area contributed by atoms with E-state index in [0.29, 0.717) is 24.1 Å². The molecule has 0 unspecified atom stereocenters. The van der Waals surface area contributed by atoms with Crippen molar-refractivity contribution in [3.8, 4) is 0 Å². The number of hydrogen-bond acceptors (Lipinski definition) is 3. The summed E-state index contributed by atoms with van der Waals surface area (Å²) in [5.74, 6) is -1.38. The Balaban J connectivity index is 1.73. The number of Topliss-reactive ketones (excluding diaryl/α,β-unsaturated/α-hetero) is 1. The number of ketones is 1. The number of carbonyl (C=O) groups excluding carboxylic acids is 2. The van der Waals surface area contributed by atoms with Crippen LogP contribution in [-0.4, -0.2) is 16.8 Å². The van der Waals surface area contributed by atoms with Gasteiger partial charge in [0.15, 0.2) is 5.60 Å². The molecule has 1 saturated carbocycles. The van der Waals surface area contributed by atoms with E-state index < -0.39 is 17.4 Å². The van der Waals surface area contributed by atoms with E-state index >= 15 is 0 Å². The topological polar surface area (TPSA) is 57.6 Å². The van der Waals surface area contributed by atoms with Crippen molar-refractivity contribution in [2.75, 3.05) is 4.90 Å². The van der Waals surface area contributed by atoms with Crippen LogP contribution in [0.25, 0.3) is 0 Å². The van der Waals surface area contributed by atoms with E-state index in [1.165, 1.54) is 17.0 Å². The second-order valence-corrected chi connectivity index (χ2v) is 9.66. The van der Waals surface area contributed by atoms with Crippen LogP contribution in [-0.2, 0) is 21.7 Å². The summed E-state index contributed by atoms with van der Waals surface area (Å²) in [4.78, 5) is 28.1. The van der Waals surface area contributed by atoms with Crippen molar-refractivity contribution in [3.63, 3.8) is 0 Å². The fourth-order valence-electron chi connectivity index (χ4n) is 4.94. The monoisotopic (exact) mass is 409 g/mol. The molecule has 0 aromatic heterocycles. The molecule has 5 heteroatoms. The summed E-state index contributed by atoms with van der Waals surface area (Å²) in [5, 5.41) is 11.8. The van der Waals surface area contributed by atoms with Crippen LogP contribution in [0.1, 0.15) is 51.2 Å². The van der Waals surface area contributed by atoms with Crippen LogP contribution in [0.3, 0.4) is 0 Å². The molecule has 2 aromatic rings. The van der Waals surface area contributed by atoms with Crippen molar-refractivity contribution < 1.29 is 19.1 Å². The van der Waals surface area contributed by atoms with Crippen molar-refractivity contribution in [1.82, 2.24) is 0 Å². The largest absolute Gasteiger partial charge is 0.375 e. The number of aliphatic hydroxyl groups is 1. The molecule has 30 heavy (non-hydrogen) atoms. The third-order valence-corrected chi connectivity index (χ3v) is 6.81. The zero-order valence-electron chi connectivity index (χ0n) is 17.7. The molecule has 1 heterocycles. The molecule has 0 radical (unpaired) electrons. The maximum absolute atomic E-state index is 13.6. The summed E-state index contributed by atoms with van der Waals surface area (Å²) in [6.07, 6.45) is 1.65. The minimum absolute atomic E-state index is 0.00964. The lowest BCUT2D eigenvalue weighted by Crippen LogP contribution is -2.51. The number of hydrogen-bond donors (Lipinski definition) is 1. The molecule has 3 atom stereocenters. The minimum atomic E-state index is -1.86. The van der Waals surface area contributed by atoms with Gasteiger partial charge in [0.1, 0.15) is 11.6 Å². The Kier molecular flexibility index (Phi) is 5.05. The van der Waals surface area contributed by atoms with Gasteiger partial charge in [-0.15, -0.1) is 0 Å². The van der Waals surface area contributed by atoms with Crippen molar-refractivity contribution >= 4 is 17.4 Å². The highest BCUT2D eigenvalue weighted by Crippen LogP contribution is 2.51. The maximum atomic E-state index is 13.6. The smallest absolute Gasteiger partial charge is 0.264 e. The second-order valence-electron chi connectivity index (χ2n) is 9.66. The van der Waals surface area contributed by atoms with Crippen molar-refractivity contribution in [1.29, 1.82) is 0 Å². The molecule has 1 amide bonds. The lowest BCUT2D eigenvalue weighted by molar-refractivity contribution is -0.154. The summed E-state index contributed by atoms with van der Waals surface area (Å²) in [7, 11) is 0. The first-order chi connectivity index (χ1) is 14.1. The number of para-hydroxylation sites is 1. The Bertz CT molecular complexity index is 979. The number of fused-ring (bicyclic) bond motifs is 1. The predicted octanol–water partition coefficient (Wildman–Crippen LogP) is 4.59. The molecule has 0 bridgehead atoms. The first-order valence-corrected chi connectivity index (χ1v) is 10.5. The third-order valence-electron chi connectivity index (χ3n) is 6.81. The maximum Gasteiger partial charge on any atom is 0.264 e. The van der Waals surface area contributed by atoms with E-state index in [9.17, 15) is 19.1 Å². The van der Waals surface area contributed by atoms with Crippen LogP contribution in [0.5, 0.6) is 0 Å². The number of rotatable bonds is 3. The summed E-state index contributed by atoms with van der Waals surface area (Å²) in [6, 6.07) is 13.1. The standard InChI is InChI=1S/C25H28FNO3/c1-24(2,3)17-10-13-22(28)20(14-17)25(30)19-6-4-5-7-21(19)27(23(25)29)15-16-8-11-18(26)12-9-16/h4-9,11-12,17,20,30H,10,13-15H2,1-3H3/t17-,20-,25+/m1/s1. The van der Waals surface area contributed by atoms with E-state index in [-0.39, 0.29) is 29.5 Å². The summed E-state index contributed by atoms with van der Waals surface area (Å²) in [6.45, 7) is 6.63. The fourth-order valence-corrected chi connectivity index (χ4v) is 4.94. The second kappa shape index (κ2) is 7.31. The minimum Gasteiger partial charge on any atom is -0.375 e. The molecule has 1 fully saturated rings. The van der Waals surface area contributed by atoms with Crippen molar-refractivity contribution in [2.24, 2.45) is 17.3 Å². The van der Waals surface area contributed by atoms with Crippen LogP contribution in [0.2, 0.25) is 0 Å². The summed E-state index contributed by atoms with van der Waals surface area (Å²) < 4.78 is 13.3. The van der Waals surface area contributed by atoms with Gasteiger partial charge in [0.2, 0.25) is 0 Å². The SMILES string of the molecule is CC(C)(C)[C@@H]1CCC(=O)[C@H]([C@]2(O)C(=O)N(Cc3ccc(F)cc3)c3ccccc32)C1. The van der Waals surface area contributed by atoms with E-state index in [0.717, 1.165) is 12.0 Å². The molecular weight excluding hydrogens is 381 g/mol. The van der Waals surface area contributed by atoms with E-state index in [2.05, 4.69) is 20.8 Å². The summed E-state index contributed by atoms with van der Waals surface area (Å²) >= 11 is 0. The Labute approximate surface area is 176 Å². The van der Waals surface area contributed by atoms with E-state index in [1.54, 1.807) is 30.3 Å². The average Bonchev–Trinajstić information content (AvgIpc) is 2.92. The number of nitrogens with zero attached hydrogens (tertiary/aromatic N) is 1. The summed E-state index contributed by atoms with van der Waals surface area (Å²) in [5.41, 5.74) is -0.0154. The zero-order valence-corrected chi connectivity index (χ0v) is 17.7. The molecule has 0 saturated heterocycles. The van der Waals surface area contributed by atoms with Crippen molar-refractivity contribution in [2.45, 2.75) is 52.2 Å². The van der Waals surface area contributed by atoms with E-state index in [1.807, 2.05) is 6.07 Å². The molecule has 4 rings (SSSR count). The first-order valence-electron chi connectivity index (χ1n) is 10.5. The van der Waals surface area contributed by atoms with Gasteiger partial charge in [-0.25, -0.2) is 4.39 Å². The van der Waals surface area contributed by atoms with Gasteiger partial charge in [-0.05, 0) is 47.9 Å². The van der Waals surface area contributed by atoms with Gasteiger partial charge in [0, 0.05) is 12.0 Å². The average molecular weight is 410 g/mol. The Morgan fingerprint density at radius 1 is 1.10 bits per heavy atom. The fraction of sp³-hybridized carbons (Fsp3) is 0.440. The van der Waals surface area contributed by atoms with Crippen LogP contribution in [0, 0.1) is 23.1 Å². The van der Waals surface area contributed by atoms with Gasteiger partial charge in [0.25, 0.3) is 5.91 Å². The van der Waals surface area contributed by atoms with E-state index in [4.69, 9.17) is 0 Å². The normalized spacial score (nSPS) is 26.8. The van der Waals surface area contributed by atoms with Crippen LogP contribution in [0.4, 0.5) is 10.1 Å². The van der Waals surface area contributed by atoms with Gasteiger partial charge < -0.3 is 10.0 Å². The molecule has 158 valence electrons. The molecule has 4 nitrogen and oxygen atoms in total. The quantitative estimate of drug-likeness (QED) is 0.807. The van der Waals surface area contributed by atoms with Gasteiger partial charge in [-0.1, -0.05) is 51.1 Å². The number of benzene rings is 2. The van der Waals surface area contributed by atoms with Crippen LogP contribution < -0.4 is 4.90 Å². The highest BCUT2D eigenvalue weighted by molar-refractivity contribution is 6.09. The highest BCUT2D eigenvalue weighted by atomic mass is 19.1. The first kappa shape index (κ1) is 20.7. The molecule has 1 N–H and O–H groups in total. The molecule has 1 aliphatic heterocycles. The molecule has 1 aliphatic carbocycles. The Morgan fingerprint density at radius 3 is 2.43 bits per heavy atom. The van der Waals surface area contributed by atoms with Crippen molar-refractivity contribution in [3.05, 3.63) is 65.5 Å². The van der Waals surface area contributed by atoms with Crippen LogP contribution >= 0.6 is 0 Å². The predicted molar refractivity (Wildman–Crippen MR) is 113 cm³/mol. The molecule has 2 aromatic carbocycles. The van der Waals surface area contributed by atoms with Crippen LogP contribution in [0.15, 0.2) is 48.5 Å². The lowest BCUT2D eigenvalue weighted by atomic mass is 9.63. The third kappa shape index (κ3) is 3.35. The molecule has 2 aliphatic rings. The van der Waals surface area contributed by atoms with Gasteiger partial charge in [0.05, 0.1) is 18.2 Å². The zero-order chi connectivity index (χ0) is 21.7. The molecular formula is C25H28FNO3. The number of anilines is 1. The highest BCUT2D eigenvalue weighted by Gasteiger charge is 2.58.